The average molecular weight is 219 g/mol. The average Bonchev–Trinajstić information content (AvgIpc) is 2.87. The molecule has 0 radical (unpaired) electrons. The predicted molar refractivity (Wildman–Crippen MR) is 63.4 cm³/mol. The third-order valence-electron chi connectivity index (χ3n) is 2.56. The Bertz CT molecular complexity index is 431. The molecule has 86 valence electrons. The number of nitrogens with zero attached hydrogens (tertiary/aromatic N) is 2. The fourth-order valence-electron chi connectivity index (χ4n) is 1.55. The predicted octanol–water partition coefficient (Wildman–Crippen LogP) is 3.23. The molecule has 2 aromatic rings. The van der Waals surface area contributed by atoms with E-state index in [-0.39, 0.29) is 6.04 Å². The van der Waals surface area contributed by atoms with Gasteiger partial charge in [0.25, 0.3) is 0 Å². The van der Waals surface area contributed by atoms with Crippen LogP contribution in [0.3, 0.4) is 0 Å². The van der Waals surface area contributed by atoms with Gasteiger partial charge in [-0.25, -0.2) is 0 Å². The second-order valence-corrected chi connectivity index (χ2v) is 4.23. The molecule has 0 aromatic carbocycles. The monoisotopic (exact) mass is 219 g/mol. The van der Waals surface area contributed by atoms with Crippen LogP contribution in [0.4, 0.5) is 5.69 Å². The molecule has 4 heteroatoms. The lowest BCUT2D eigenvalue weighted by atomic mass is 10.2. The first-order valence-corrected chi connectivity index (χ1v) is 5.49. The van der Waals surface area contributed by atoms with Gasteiger partial charge in [0.15, 0.2) is 0 Å². The van der Waals surface area contributed by atoms with Gasteiger partial charge >= 0.3 is 0 Å². The standard InChI is InChI=1S/C12H17N3O/c1-9(2)15-7-12(6-13-15)14-10(3)11-4-5-16-8-11/h4-10,14H,1-3H3. The van der Waals surface area contributed by atoms with Crippen LogP contribution in [0.15, 0.2) is 35.4 Å². The normalized spacial score (nSPS) is 13.0. The summed E-state index contributed by atoms with van der Waals surface area (Å²) in [6.45, 7) is 6.31. The Hall–Kier alpha value is -1.71. The molecule has 4 nitrogen and oxygen atoms in total. The zero-order chi connectivity index (χ0) is 11.5. The summed E-state index contributed by atoms with van der Waals surface area (Å²) in [6, 6.07) is 2.58. The van der Waals surface area contributed by atoms with E-state index >= 15 is 0 Å². The van der Waals surface area contributed by atoms with E-state index in [9.17, 15) is 0 Å². The molecule has 16 heavy (non-hydrogen) atoms. The van der Waals surface area contributed by atoms with E-state index in [2.05, 4.69) is 31.2 Å². The molecular formula is C12H17N3O. The number of hydrogen-bond acceptors (Lipinski definition) is 3. The van der Waals surface area contributed by atoms with E-state index in [1.54, 1.807) is 12.5 Å². The van der Waals surface area contributed by atoms with Crippen molar-refractivity contribution in [2.75, 3.05) is 5.32 Å². The molecule has 2 heterocycles. The number of anilines is 1. The molecule has 0 aliphatic rings. The molecule has 1 unspecified atom stereocenters. The number of aromatic nitrogens is 2. The summed E-state index contributed by atoms with van der Waals surface area (Å²) in [7, 11) is 0. The maximum absolute atomic E-state index is 5.06. The van der Waals surface area contributed by atoms with Crippen LogP contribution < -0.4 is 5.32 Å². The van der Waals surface area contributed by atoms with Crippen LogP contribution in [0.2, 0.25) is 0 Å². The zero-order valence-electron chi connectivity index (χ0n) is 9.84. The van der Waals surface area contributed by atoms with Crippen molar-refractivity contribution in [3.05, 3.63) is 36.5 Å². The first-order chi connectivity index (χ1) is 7.66. The van der Waals surface area contributed by atoms with E-state index in [0.29, 0.717) is 6.04 Å². The van der Waals surface area contributed by atoms with Gasteiger partial charge in [0.1, 0.15) is 0 Å². The van der Waals surface area contributed by atoms with Gasteiger partial charge in [-0.3, -0.25) is 4.68 Å². The molecule has 2 rings (SSSR count). The first kappa shape index (κ1) is 10.8. The van der Waals surface area contributed by atoms with Gasteiger partial charge in [0, 0.05) is 17.8 Å². The molecule has 1 N–H and O–H groups in total. The third-order valence-corrected chi connectivity index (χ3v) is 2.56. The van der Waals surface area contributed by atoms with E-state index in [1.807, 2.05) is 23.1 Å². The largest absolute Gasteiger partial charge is 0.472 e. The van der Waals surface area contributed by atoms with E-state index in [0.717, 1.165) is 11.3 Å². The summed E-state index contributed by atoms with van der Waals surface area (Å²) < 4.78 is 6.99. The summed E-state index contributed by atoms with van der Waals surface area (Å²) in [5.41, 5.74) is 2.17. The number of furan rings is 1. The molecular weight excluding hydrogens is 202 g/mol. The molecule has 0 bridgehead atoms. The van der Waals surface area contributed by atoms with Crippen molar-refractivity contribution in [1.29, 1.82) is 0 Å². The van der Waals surface area contributed by atoms with E-state index in [4.69, 9.17) is 4.42 Å². The highest BCUT2D eigenvalue weighted by atomic mass is 16.3. The maximum atomic E-state index is 5.06. The molecule has 1 atom stereocenters. The summed E-state index contributed by atoms with van der Waals surface area (Å²) in [5, 5.41) is 7.66. The minimum Gasteiger partial charge on any atom is -0.472 e. The second-order valence-electron chi connectivity index (χ2n) is 4.23. The number of nitrogens with one attached hydrogen (secondary N) is 1. The quantitative estimate of drug-likeness (QED) is 0.858. The van der Waals surface area contributed by atoms with Crippen LogP contribution in [0.25, 0.3) is 0 Å². The molecule has 0 saturated carbocycles. The highest BCUT2D eigenvalue weighted by Crippen LogP contribution is 2.19. The van der Waals surface area contributed by atoms with Crippen molar-refractivity contribution in [2.45, 2.75) is 32.9 Å². The Morgan fingerprint density at radius 3 is 2.75 bits per heavy atom. The third kappa shape index (κ3) is 2.27. The van der Waals surface area contributed by atoms with Gasteiger partial charge in [-0.2, -0.15) is 5.10 Å². The van der Waals surface area contributed by atoms with Crippen molar-refractivity contribution in [3.8, 4) is 0 Å². The molecule has 0 aliphatic carbocycles. The molecule has 0 aliphatic heterocycles. The van der Waals surface area contributed by atoms with Crippen LogP contribution in [0, 0.1) is 0 Å². The van der Waals surface area contributed by atoms with Gasteiger partial charge in [-0.1, -0.05) is 0 Å². The van der Waals surface area contributed by atoms with Crippen molar-refractivity contribution in [3.63, 3.8) is 0 Å². The Kier molecular flexibility index (Phi) is 2.99. The minimum absolute atomic E-state index is 0.226. The van der Waals surface area contributed by atoms with Crippen molar-refractivity contribution in [2.24, 2.45) is 0 Å². The molecule has 0 amide bonds. The summed E-state index contributed by atoms with van der Waals surface area (Å²) in [4.78, 5) is 0. The first-order valence-electron chi connectivity index (χ1n) is 5.49. The minimum atomic E-state index is 0.226. The van der Waals surface area contributed by atoms with Gasteiger partial charge in [-0.15, -0.1) is 0 Å². The molecule has 0 spiro atoms. The lowest BCUT2D eigenvalue weighted by molar-refractivity contribution is 0.532. The van der Waals surface area contributed by atoms with Crippen molar-refractivity contribution >= 4 is 5.69 Å². The Balaban J connectivity index is 2.03. The highest BCUT2D eigenvalue weighted by molar-refractivity contribution is 5.41. The molecule has 0 saturated heterocycles. The van der Waals surface area contributed by atoms with Gasteiger partial charge < -0.3 is 9.73 Å². The Morgan fingerprint density at radius 1 is 1.38 bits per heavy atom. The van der Waals surface area contributed by atoms with Crippen LogP contribution in [-0.4, -0.2) is 9.78 Å². The van der Waals surface area contributed by atoms with E-state index < -0.39 is 0 Å². The lowest BCUT2D eigenvalue weighted by Crippen LogP contribution is -2.05. The Labute approximate surface area is 95.3 Å². The SMILES string of the molecule is CC(Nc1cnn(C(C)C)c1)c1ccoc1. The summed E-state index contributed by atoms with van der Waals surface area (Å²) >= 11 is 0. The van der Waals surface area contributed by atoms with E-state index in [1.165, 1.54) is 0 Å². The molecule has 0 fully saturated rings. The van der Waals surface area contributed by atoms with Crippen LogP contribution in [0.5, 0.6) is 0 Å². The topological polar surface area (TPSA) is 43.0 Å². The number of hydrogen-bond donors (Lipinski definition) is 1. The van der Waals surface area contributed by atoms with Gasteiger partial charge in [0.2, 0.25) is 0 Å². The second kappa shape index (κ2) is 4.43. The fraction of sp³-hybridized carbons (Fsp3) is 0.417. The van der Waals surface area contributed by atoms with Gasteiger partial charge in [-0.05, 0) is 26.8 Å². The van der Waals surface area contributed by atoms with Crippen LogP contribution >= 0.6 is 0 Å². The summed E-state index contributed by atoms with van der Waals surface area (Å²) in [5.74, 6) is 0. The van der Waals surface area contributed by atoms with Crippen molar-refractivity contribution in [1.82, 2.24) is 9.78 Å². The van der Waals surface area contributed by atoms with Crippen LogP contribution in [-0.2, 0) is 0 Å². The Morgan fingerprint density at radius 2 is 2.19 bits per heavy atom. The fourth-order valence-corrected chi connectivity index (χ4v) is 1.55. The van der Waals surface area contributed by atoms with Crippen LogP contribution in [0.1, 0.15) is 38.4 Å². The van der Waals surface area contributed by atoms with Gasteiger partial charge in [0.05, 0.1) is 30.5 Å². The smallest absolute Gasteiger partial charge is 0.0955 e. The highest BCUT2D eigenvalue weighted by Gasteiger charge is 2.08. The van der Waals surface area contributed by atoms with Crippen molar-refractivity contribution < 1.29 is 4.42 Å². The maximum Gasteiger partial charge on any atom is 0.0955 e. The zero-order valence-corrected chi connectivity index (χ0v) is 9.84. The lowest BCUT2D eigenvalue weighted by Gasteiger charge is -2.11. The molecule has 2 aromatic heterocycles. The number of rotatable bonds is 4. The summed E-state index contributed by atoms with van der Waals surface area (Å²) in [6.07, 6.45) is 7.30.